The standard InChI is InChI=1S/C28H25N3O2/c1-18-21-12-6-7-14-23(21)28(33)31(18)19(2)27(32)30-16-24(20-10-4-3-5-11-20)25-17-29-26-15-9-8-13-22(25)26/h3-15,17,19,24,29H,1,16H2,2H3,(H,30,32)/t19-,24-/m0/s1. The monoisotopic (exact) mass is 435 g/mol. The molecule has 164 valence electrons. The first-order chi connectivity index (χ1) is 16.1. The summed E-state index contributed by atoms with van der Waals surface area (Å²) in [4.78, 5) is 30.9. The summed E-state index contributed by atoms with van der Waals surface area (Å²) in [6.45, 7) is 6.23. The molecule has 0 bridgehead atoms. The van der Waals surface area contributed by atoms with E-state index in [1.165, 1.54) is 4.90 Å². The third-order valence-corrected chi connectivity index (χ3v) is 6.42. The van der Waals surface area contributed by atoms with Crippen molar-refractivity contribution >= 4 is 28.4 Å². The third-order valence-electron chi connectivity index (χ3n) is 6.42. The van der Waals surface area contributed by atoms with Crippen molar-refractivity contribution < 1.29 is 9.59 Å². The maximum atomic E-state index is 13.2. The molecular weight excluding hydrogens is 410 g/mol. The van der Waals surface area contributed by atoms with Crippen LogP contribution in [-0.4, -0.2) is 34.3 Å². The Morgan fingerprint density at radius 3 is 2.39 bits per heavy atom. The van der Waals surface area contributed by atoms with E-state index in [2.05, 4.69) is 35.1 Å². The fourth-order valence-corrected chi connectivity index (χ4v) is 4.66. The molecule has 2 N–H and O–H groups in total. The Morgan fingerprint density at radius 2 is 1.64 bits per heavy atom. The van der Waals surface area contributed by atoms with Crippen LogP contribution in [0.15, 0.2) is 91.6 Å². The Balaban J connectivity index is 1.38. The van der Waals surface area contributed by atoms with Gasteiger partial charge < -0.3 is 10.3 Å². The first kappa shape index (κ1) is 20.8. The lowest BCUT2D eigenvalue weighted by atomic mass is 9.91. The molecular formula is C28H25N3O2. The van der Waals surface area contributed by atoms with Gasteiger partial charge in [0.1, 0.15) is 6.04 Å². The number of amides is 2. The molecule has 1 aliphatic rings. The van der Waals surface area contributed by atoms with Crippen LogP contribution in [-0.2, 0) is 4.79 Å². The van der Waals surface area contributed by atoms with Crippen molar-refractivity contribution in [2.45, 2.75) is 18.9 Å². The van der Waals surface area contributed by atoms with Gasteiger partial charge in [0.15, 0.2) is 0 Å². The van der Waals surface area contributed by atoms with Crippen molar-refractivity contribution in [2.75, 3.05) is 6.54 Å². The van der Waals surface area contributed by atoms with E-state index in [0.29, 0.717) is 17.8 Å². The van der Waals surface area contributed by atoms with Gasteiger partial charge in [0.05, 0.1) is 0 Å². The lowest BCUT2D eigenvalue weighted by Crippen LogP contribution is -2.45. The largest absolute Gasteiger partial charge is 0.361 e. The first-order valence-corrected chi connectivity index (χ1v) is 11.1. The summed E-state index contributed by atoms with van der Waals surface area (Å²) in [6.07, 6.45) is 2.01. The lowest BCUT2D eigenvalue weighted by Gasteiger charge is -2.26. The molecule has 0 fully saturated rings. The molecule has 4 aromatic rings. The molecule has 5 heteroatoms. The summed E-state index contributed by atoms with van der Waals surface area (Å²) in [5.41, 5.74) is 5.23. The summed E-state index contributed by atoms with van der Waals surface area (Å²) < 4.78 is 0. The summed E-state index contributed by atoms with van der Waals surface area (Å²) in [7, 11) is 0. The van der Waals surface area contributed by atoms with Gasteiger partial charge in [-0.3, -0.25) is 14.5 Å². The summed E-state index contributed by atoms with van der Waals surface area (Å²) in [5, 5.41) is 4.22. The molecule has 0 aliphatic carbocycles. The number of carbonyl (C=O) groups is 2. The molecule has 5 nitrogen and oxygen atoms in total. The van der Waals surface area contributed by atoms with Gasteiger partial charge >= 0.3 is 0 Å². The molecule has 0 unspecified atom stereocenters. The Bertz CT molecular complexity index is 1320. The highest BCUT2D eigenvalue weighted by Crippen LogP contribution is 2.33. The Kier molecular flexibility index (Phi) is 5.31. The van der Waals surface area contributed by atoms with Gasteiger partial charge in [0.25, 0.3) is 5.91 Å². The third kappa shape index (κ3) is 3.61. The summed E-state index contributed by atoms with van der Waals surface area (Å²) >= 11 is 0. The second-order valence-corrected chi connectivity index (χ2v) is 8.34. The van der Waals surface area contributed by atoms with Crippen LogP contribution in [0.5, 0.6) is 0 Å². The summed E-state index contributed by atoms with van der Waals surface area (Å²) in [5.74, 6) is -0.430. The Hall–Kier alpha value is -4.12. The molecule has 3 aromatic carbocycles. The highest BCUT2D eigenvalue weighted by molar-refractivity contribution is 6.10. The SMILES string of the molecule is C=C1c2ccccc2C(=O)N1[C@@H](C)C(=O)NC[C@@H](c1ccccc1)c1c[nH]c2ccccc12. The summed E-state index contributed by atoms with van der Waals surface area (Å²) in [6, 6.07) is 25.0. The zero-order chi connectivity index (χ0) is 22.9. The number of H-pyrrole nitrogens is 1. The van der Waals surface area contributed by atoms with Crippen molar-refractivity contribution in [3.05, 3.63) is 114 Å². The fraction of sp³-hybridized carbons (Fsp3) is 0.143. The smallest absolute Gasteiger partial charge is 0.259 e. The molecule has 0 radical (unpaired) electrons. The van der Waals surface area contributed by atoms with Crippen LogP contribution in [0.4, 0.5) is 0 Å². The quantitative estimate of drug-likeness (QED) is 0.451. The van der Waals surface area contributed by atoms with Gasteiger partial charge in [-0.25, -0.2) is 0 Å². The first-order valence-electron chi connectivity index (χ1n) is 11.1. The number of fused-ring (bicyclic) bond motifs is 2. The molecule has 0 spiro atoms. The van der Waals surface area contributed by atoms with Crippen molar-refractivity contribution in [3.8, 4) is 0 Å². The van der Waals surface area contributed by atoms with Gasteiger partial charge in [0.2, 0.25) is 5.91 Å². The fourth-order valence-electron chi connectivity index (χ4n) is 4.66. The Labute approximate surface area is 192 Å². The van der Waals surface area contributed by atoms with E-state index in [1.54, 1.807) is 13.0 Å². The van der Waals surface area contributed by atoms with E-state index in [9.17, 15) is 9.59 Å². The van der Waals surface area contributed by atoms with Crippen molar-refractivity contribution in [2.24, 2.45) is 0 Å². The molecule has 0 saturated carbocycles. The second kappa shape index (κ2) is 8.43. The molecule has 5 rings (SSSR count). The van der Waals surface area contributed by atoms with E-state index < -0.39 is 6.04 Å². The van der Waals surface area contributed by atoms with Crippen molar-refractivity contribution in [3.63, 3.8) is 0 Å². The maximum absolute atomic E-state index is 13.2. The average Bonchev–Trinajstić information content (AvgIpc) is 3.39. The topological polar surface area (TPSA) is 65.2 Å². The number of nitrogens with zero attached hydrogens (tertiary/aromatic N) is 1. The molecule has 0 saturated heterocycles. The zero-order valence-electron chi connectivity index (χ0n) is 18.4. The number of para-hydroxylation sites is 1. The van der Waals surface area contributed by atoms with E-state index in [0.717, 1.165) is 27.6 Å². The maximum Gasteiger partial charge on any atom is 0.259 e. The van der Waals surface area contributed by atoms with Crippen LogP contribution in [0.2, 0.25) is 0 Å². The predicted molar refractivity (Wildman–Crippen MR) is 131 cm³/mol. The van der Waals surface area contributed by atoms with E-state index in [1.807, 2.05) is 60.8 Å². The number of hydrogen-bond acceptors (Lipinski definition) is 2. The number of hydrogen-bond donors (Lipinski definition) is 2. The second-order valence-electron chi connectivity index (χ2n) is 8.34. The number of aromatic amines is 1. The number of nitrogens with one attached hydrogen (secondary N) is 2. The zero-order valence-corrected chi connectivity index (χ0v) is 18.4. The minimum atomic E-state index is -0.670. The average molecular weight is 436 g/mol. The predicted octanol–water partition coefficient (Wildman–Crippen LogP) is 4.93. The van der Waals surface area contributed by atoms with Crippen molar-refractivity contribution in [1.82, 2.24) is 15.2 Å². The van der Waals surface area contributed by atoms with Crippen LogP contribution in [0.3, 0.4) is 0 Å². The molecule has 33 heavy (non-hydrogen) atoms. The van der Waals surface area contributed by atoms with E-state index in [-0.39, 0.29) is 17.7 Å². The van der Waals surface area contributed by atoms with Gasteiger partial charge in [-0.2, -0.15) is 0 Å². The van der Waals surface area contributed by atoms with E-state index >= 15 is 0 Å². The highest BCUT2D eigenvalue weighted by Gasteiger charge is 2.36. The number of rotatable bonds is 6. The van der Waals surface area contributed by atoms with Crippen LogP contribution >= 0.6 is 0 Å². The van der Waals surface area contributed by atoms with Crippen LogP contribution in [0.1, 0.15) is 39.9 Å². The molecule has 2 heterocycles. The highest BCUT2D eigenvalue weighted by atomic mass is 16.2. The number of carbonyl (C=O) groups excluding carboxylic acids is 2. The Morgan fingerprint density at radius 1 is 0.970 bits per heavy atom. The molecule has 1 aliphatic heterocycles. The van der Waals surface area contributed by atoms with Crippen LogP contribution < -0.4 is 5.32 Å². The van der Waals surface area contributed by atoms with Crippen molar-refractivity contribution in [1.29, 1.82) is 0 Å². The minimum Gasteiger partial charge on any atom is -0.361 e. The van der Waals surface area contributed by atoms with E-state index in [4.69, 9.17) is 0 Å². The van der Waals surface area contributed by atoms with Gasteiger partial charge in [-0.15, -0.1) is 0 Å². The van der Waals surface area contributed by atoms with Crippen LogP contribution in [0, 0.1) is 0 Å². The van der Waals surface area contributed by atoms with Gasteiger partial charge in [0, 0.05) is 46.4 Å². The molecule has 2 atom stereocenters. The molecule has 2 amide bonds. The van der Waals surface area contributed by atoms with Gasteiger partial charge in [-0.05, 0) is 30.2 Å². The minimum absolute atomic E-state index is 0.0341. The number of benzene rings is 3. The lowest BCUT2D eigenvalue weighted by molar-refractivity contribution is -0.124. The van der Waals surface area contributed by atoms with Gasteiger partial charge in [-0.1, -0.05) is 73.3 Å². The van der Waals surface area contributed by atoms with Crippen LogP contribution in [0.25, 0.3) is 16.6 Å². The normalized spacial score (nSPS) is 14.9. The number of aromatic nitrogens is 1. The molecule has 1 aromatic heterocycles.